The number of anilines is 1. The molecule has 2 rings (SSSR count). The molecule has 76 valence electrons. The number of hydrogen-bond donors (Lipinski definition) is 2. The molecule has 0 saturated carbocycles. The fraction of sp³-hybridized carbons (Fsp3) is 0. The molecule has 0 bridgehead atoms. The first-order chi connectivity index (χ1) is 7.16. The molecule has 0 aliphatic carbocycles. The summed E-state index contributed by atoms with van der Waals surface area (Å²) in [6, 6.07) is 6.40. The van der Waals surface area contributed by atoms with Gasteiger partial charge in [0.1, 0.15) is 0 Å². The minimum Gasteiger partial charge on any atom is -0.478 e. The molecule has 0 aliphatic heterocycles. The first-order valence-corrected chi connectivity index (χ1v) is 4.31. The van der Waals surface area contributed by atoms with Crippen LogP contribution in [0.4, 0.5) is 5.69 Å². The maximum absolute atomic E-state index is 10.6. The summed E-state index contributed by atoms with van der Waals surface area (Å²) in [5.41, 5.74) is 7.11. The first kappa shape index (κ1) is 9.26. The highest BCUT2D eigenvalue weighted by atomic mass is 16.4. The third-order valence-electron chi connectivity index (χ3n) is 1.98. The Morgan fingerprint density at radius 2 is 2.00 bits per heavy atom. The van der Waals surface area contributed by atoms with Gasteiger partial charge in [0.25, 0.3) is 0 Å². The van der Waals surface area contributed by atoms with Crippen molar-refractivity contribution in [2.75, 3.05) is 5.73 Å². The smallest absolute Gasteiger partial charge is 0.335 e. The minimum atomic E-state index is -0.943. The summed E-state index contributed by atoms with van der Waals surface area (Å²) in [4.78, 5) is 10.6. The van der Waals surface area contributed by atoms with Gasteiger partial charge in [-0.1, -0.05) is 0 Å². The van der Waals surface area contributed by atoms with Crippen LogP contribution in [0.5, 0.6) is 0 Å². The molecule has 0 radical (unpaired) electrons. The van der Waals surface area contributed by atoms with Crippen molar-refractivity contribution in [2.24, 2.45) is 0 Å². The average Bonchev–Trinajstić information content (AvgIpc) is 2.65. The number of carbonyl (C=O) groups is 1. The highest BCUT2D eigenvalue weighted by Crippen LogP contribution is 2.10. The van der Waals surface area contributed by atoms with Crippen molar-refractivity contribution >= 4 is 11.7 Å². The highest BCUT2D eigenvalue weighted by molar-refractivity contribution is 5.87. The topological polar surface area (TPSA) is 81.1 Å². The Kier molecular flexibility index (Phi) is 2.13. The maximum atomic E-state index is 10.6. The van der Waals surface area contributed by atoms with Crippen molar-refractivity contribution in [1.82, 2.24) is 9.78 Å². The molecule has 5 nitrogen and oxygen atoms in total. The minimum absolute atomic E-state index is 0.249. The van der Waals surface area contributed by atoms with E-state index in [2.05, 4.69) is 5.10 Å². The molecular weight excluding hydrogens is 194 g/mol. The van der Waals surface area contributed by atoms with E-state index < -0.39 is 5.97 Å². The zero-order valence-electron chi connectivity index (χ0n) is 7.79. The van der Waals surface area contributed by atoms with Gasteiger partial charge in [0.2, 0.25) is 0 Å². The van der Waals surface area contributed by atoms with Crippen LogP contribution in [0.1, 0.15) is 10.4 Å². The van der Waals surface area contributed by atoms with E-state index in [1.54, 1.807) is 23.0 Å². The predicted molar refractivity (Wildman–Crippen MR) is 54.9 cm³/mol. The van der Waals surface area contributed by atoms with Gasteiger partial charge in [-0.15, -0.1) is 0 Å². The third-order valence-corrected chi connectivity index (χ3v) is 1.98. The van der Waals surface area contributed by atoms with Crippen LogP contribution in [0.3, 0.4) is 0 Å². The Morgan fingerprint density at radius 3 is 2.47 bits per heavy atom. The lowest BCUT2D eigenvalue weighted by Crippen LogP contribution is -1.98. The van der Waals surface area contributed by atoms with Gasteiger partial charge in [0.15, 0.2) is 0 Å². The van der Waals surface area contributed by atoms with Crippen molar-refractivity contribution in [2.45, 2.75) is 0 Å². The van der Waals surface area contributed by atoms with Gasteiger partial charge in [0.05, 0.1) is 29.3 Å². The monoisotopic (exact) mass is 203 g/mol. The van der Waals surface area contributed by atoms with Gasteiger partial charge < -0.3 is 10.8 Å². The number of aromatic nitrogens is 2. The predicted octanol–water partition coefficient (Wildman–Crippen LogP) is 1.15. The van der Waals surface area contributed by atoms with Gasteiger partial charge >= 0.3 is 5.97 Å². The molecule has 0 spiro atoms. The van der Waals surface area contributed by atoms with Crippen LogP contribution in [0.2, 0.25) is 0 Å². The number of nitrogens with zero attached hydrogens (tertiary/aromatic N) is 2. The van der Waals surface area contributed by atoms with E-state index >= 15 is 0 Å². The summed E-state index contributed by atoms with van der Waals surface area (Å²) < 4.78 is 1.58. The van der Waals surface area contributed by atoms with Crippen molar-refractivity contribution in [3.8, 4) is 5.69 Å². The van der Waals surface area contributed by atoms with Crippen molar-refractivity contribution < 1.29 is 9.90 Å². The van der Waals surface area contributed by atoms with Crippen LogP contribution in [-0.2, 0) is 0 Å². The van der Waals surface area contributed by atoms with Gasteiger partial charge in [-0.3, -0.25) is 0 Å². The Balaban J connectivity index is 2.35. The zero-order chi connectivity index (χ0) is 10.8. The standard InChI is InChI=1S/C10H9N3O2/c11-8-5-12-13(6-8)9-3-1-7(2-4-9)10(14)15/h1-6H,11H2,(H,14,15). The van der Waals surface area contributed by atoms with Crippen LogP contribution < -0.4 is 5.73 Å². The molecule has 15 heavy (non-hydrogen) atoms. The van der Waals surface area contributed by atoms with Crippen LogP contribution >= 0.6 is 0 Å². The summed E-state index contributed by atoms with van der Waals surface area (Å²) in [5, 5.41) is 12.7. The van der Waals surface area contributed by atoms with E-state index in [4.69, 9.17) is 10.8 Å². The Bertz CT molecular complexity index is 488. The Labute approximate surface area is 85.8 Å². The molecule has 0 saturated heterocycles. The van der Waals surface area contributed by atoms with Gasteiger partial charge in [0, 0.05) is 0 Å². The number of carboxylic acids is 1. The number of aromatic carboxylic acids is 1. The molecule has 5 heteroatoms. The van der Waals surface area contributed by atoms with Crippen LogP contribution in [0, 0.1) is 0 Å². The molecule has 0 atom stereocenters. The van der Waals surface area contributed by atoms with Gasteiger partial charge in [-0.05, 0) is 24.3 Å². The molecule has 2 aromatic rings. The summed E-state index contributed by atoms with van der Waals surface area (Å²) >= 11 is 0. The lowest BCUT2D eigenvalue weighted by molar-refractivity contribution is 0.0697. The Hall–Kier alpha value is -2.30. The number of benzene rings is 1. The maximum Gasteiger partial charge on any atom is 0.335 e. The number of rotatable bonds is 2. The summed E-state index contributed by atoms with van der Waals surface area (Å²) in [6.45, 7) is 0. The fourth-order valence-corrected chi connectivity index (χ4v) is 1.23. The molecule has 0 amide bonds. The molecule has 0 unspecified atom stereocenters. The molecule has 3 N–H and O–H groups in total. The second kappa shape index (κ2) is 3.45. The molecule has 0 fully saturated rings. The van der Waals surface area contributed by atoms with E-state index in [0.29, 0.717) is 5.69 Å². The second-order valence-corrected chi connectivity index (χ2v) is 3.07. The van der Waals surface area contributed by atoms with E-state index in [0.717, 1.165) is 5.69 Å². The number of nitrogen functional groups attached to an aromatic ring is 1. The summed E-state index contributed by atoms with van der Waals surface area (Å²) in [6.07, 6.45) is 3.20. The molecule has 1 aromatic heterocycles. The molecule has 1 heterocycles. The van der Waals surface area contributed by atoms with Crippen LogP contribution in [0.15, 0.2) is 36.7 Å². The van der Waals surface area contributed by atoms with Gasteiger partial charge in [-0.2, -0.15) is 5.10 Å². The molecule has 0 aliphatic rings. The average molecular weight is 203 g/mol. The highest BCUT2D eigenvalue weighted by Gasteiger charge is 2.03. The largest absolute Gasteiger partial charge is 0.478 e. The second-order valence-electron chi connectivity index (χ2n) is 3.07. The van der Waals surface area contributed by atoms with Crippen LogP contribution in [-0.4, -0.2) is 20.9 Å². The summed E-state index contributed by atoms with van der Waals surface area (Å²) in [5.74, 6) is -0.943. The number of hydrogen-bond acceptors (Lipinski definition) is 3. The fourth-order valence-electron chi connectivity index (χ4n) is 1.23. The van der Waals surface area contributed by atoms with Crippen molar-refractivity contribution in [3.05, 3.63) is 42.2 Å². The van der Waals surface area contributed by atoms with Gasteiger partial charge in [-0.25, -0.2) is 9.48 Å². The number of nitrogens with two attached hydrogens (primary N) is 1. The normalized spacial score (nSPS) is 10.1. The molecular formula is C10H9N3O2. The summed E-state index contributed by atoms with van der Waals surface area (Å²) in [7, 11) is 0. The van der Waals surface area contributed by atoms with Crippen molar-refractivity contribution in [3.63, 3.8) is 0 Å². The third kappa shape index (κ3) is 1.80. The Morgan fingerprint density at radius 1 is 1.33 bits per heavy atom. The number of carboxylic acid groups (broad SMARTS) is 1. The first-order valence-electron chi connectivity index (χ1n) is 4.31. The van der Waals surface area contributed by atoms with Crippen LogP contribution in [0.25, 0.3) is 5.69 Å². The van der Waals surface area contributed by atoms with E-state index in [-0.39, 0.29) is 5.56 Å². The van der Waals surface area contributed by atoms with E-state index in [1.807, 2.05) is 0 Å². The SMILES string of the molecule is Nc1cnn(-c2ccc(C(=O)O)cc2)c1. The van der Waals surface area contributed by atoms with E-state index in [1.165, 1.54) is 18.3 Å². The van der Waals surface area contributed by atoms with E-state index in [9.17, 15) is 4.79 Å². The quantitative estimate of drug-likeness (QED) is 0.767. The van der Waals surface area contributed by atoms with Crippen molar-refractivity contribution in [1.29, 1.82) is 0 Å². The molecule has 1 aromatic carbocycles. The lowest BCUT2D eigenvalue weighted by atomic mass is 10.2. The zero-order valence-corrected chi connectivity index (χ0v) is 7.79. The lowest BCUT2D eigenvalue weighted by Gasteiger charge is -2.00.